The minimum absolute atomic E-state index is 0.00213. The molecule has 0 atom stereocenters. The summed E-state index contributed by atoms with van der Waals surface area (Å²) >= 11 is 0. The topological polar surface area (TPSA) is 60.7 Å². The zero-order valence-corrected chi connectivity index (χ0v) is 13.9. The number of aromatic hydroxyl groups is 1. The maximum absolute atomic E-state index is 9.92. The van der Waals surface area contributed by atoms with Crippen molar-refractivity contribution in [3.63, 3.8) is 0 Å². The molecule has 0 fully saturated rings. The van der Waals surface area contributed by atoms with Crippen LogP contribution in [0.15, 0.2) is 42.5 Å². The van der Waals surface area contributed by atoms with Crippen molar-refractivity contribution in [2.45, 2.75) is 46.3 Å². The summed E-state index contributed by atoms with van der Waals surface area (Å²) in [5.74, 6) is 0.00213. The van der Waals surface area contributed by atoms with Gasteiger partial charge in [0.15, 0.2) is 0 Å². The molecule has 0 aromatic heterocycles. The van der Waals surface area contributed by atoms with Crippen molar-refractivity contribution >= 4 is 0 Å². The lowest BCUT2D eigenvalue weighted by Crippen LogP contribution is -2.16. The fourth-order valence-electron chi connectivity index (χ4n) is 2.94. The van der Waals surface area contributed by atoms with Crippen molar-refractivity contribution in [1.82, 2.24) is 0 Å². The summed E-state index contributed by atoms with van der Waals surface area (Å²) < 4.78 is 0. The van der Waals surface area contributed by atoms with Crippen LogP contribution < -0.4 is 0 Å². The van der Waals surface area contributed by atoms with Gasteiger partial charge < -0.3 is 15.3 Å². The van der Waals surface area contributed by atoms with E-state index in [1.807, 2.05) is 18.2 Å². The summed E-state index contributed by atoms with van der Waals surface area (Å²) in [7, 11) is 0. The van der Waals surface area contributed by atoms with Crippen molar-refractivity contribution < 1.29 is 15.3 Å². The maximum atomic E-state index is 9.92. The molecule has 2 aromatic rings. The summed E-state index contributed by atoms with van der Waals surface area (Å²) in [4.78, 5) is 0. The van der Waals surface area contributed by atoms with Gasteiger partial charge in [0.25, 0.3) is 0 Å². The molecule has 0 unspecified atom stereocenters. The van der Waals surface area contributed by atoms with Crippen LogP contribution >= 0.6 is 0 Å². The molecular formula is C20H26O3. The molecule has 0 spiro atoms. The number of hydrogen-bond donors (Lipinski definition) is 3. The predicted octanol–water partition coefficient (Wildman–Crippen LogP) is 3.58. The first kappa shape index (κ1) is 17.5. The van der Waals surface area contributed by atoms with Gasteiger partial charge in [-0.2, -0.15) is 0 Å². The van der Waals surface area contributed by atoms with E-state index in [1.54, 1.807) is 0 Å². The van der Waals surface area contributed by atoms with Gasteiger partial charge >= 0.3 is 0 Å². The zero-order valence-electron chi connectivity index (χ0n) is 13.9. The van der Waals surface area contributed by atoms with Crippen LogP contribution in [0.5, 0.6) is 5.75 Å². The van der Waals surface area contributed by atoms with Crippen molar-refractivity contribution in [3.8, 4) is 5.75 Å². The molecule has 2 aromatic carbocycles. The summed E-state index contributed by atoms with van der Waals surface area (Å²) in [6.45, 7) is 4.06. The van der Waals surface area contributed by atoms with Crippen LogP contribution in [0.2, 0.25) is 0 Å². The van der Waals surface area contributed by atoms with Crippen LogP contribution in [0.3, 0.4) is 0 Å². The number of aliphatic hydroxyl groups excluding tert-OH is 2. The summed E-state index contributed by atoms with van der Waals surface area (Å²) in [5, 5.41) is 28.6. The number of hydrogen-bond acceptors (Lipinski definition) is 3. The predicted molar refractivity (Wildman–Crippen MR) is 92.2 cm³/mol. The Hall–Kier alpha value is -1.84. The van der Waals surface area contributed by atoms with E-state index in [0.717, 1.165) is 24.8 Å². The van der Waals surface area contributed by atoms with Gasteiger partial charge in [-0.05, 0) is 47.9 Å². The van der Waals surface area contributed by atoms with Gasteiger partial charge in [-0.3, -0.25) is 0 Å². The van der Waals surface area contributed by atoms with Crippen molar-refractivity contribution in [2.24, 2.45) is 5.41 Å². The fraction of sp³-hybridized carbons (Fsp3) is 0.400. The Kier molecular flexibility index (Phi) is 5.80. The highest BCUT2D eigenvalue weighted by Gasteiger charge is 2.19. The highest BCUT2D eigenvalue weighted by atomic mass is 16.3. The first-order chi connectivity index (χ1) is 10.9. The van der Waals surface area contributed by atoms with E-state index in [2.05, 4.69) is 38.1 Å². The summed E-state index contributed by atoms with van der Waals surface area (Å²) in [5.41, 5.74) is 3.48. The van der Waals surface area contributed by atoms with Gasteiger partial charge in [-0.25, -0.2) is 0 Å². The molecule has 2 rings (SSSR count). The second-order valence-corrected chi connectivity index (χ2v) is 6.91. The summed E-state index contributed by atoms with van der Waals surface area (Å²) in [6.07, 6.45) is 2.84. The average Bonchev–Trinajstić information content (AvgIpc) is 2.54. The fourth-order valence-corrected chi connectivity index (χ4v) is 2.94. The molecule has 0 radical (unpaired) electrons. The van der Waals surface area contributed by atoms with Crippen LogP contribution in [-0.4, -0.2) is 15.3 Å². The monoisotopic (exact) mass is 314 g/mol. The molecule has 0 saturated heterocycles. The molecule has 3 heteroatoms. The van der Waals surface area contributed by atoms with E-state index in [9.17, 15) is 15.3 Å². The first-order valence-electron chi connectivity index (χ1n) is 8.04. The molecule has 124 valence electrons. The van der Waals surface area contributed by atoms with Gasteiger partial charge in [-0.1, -0.05) is 44.2 Å². The third-order valence-electron chi connectivity index (χ3n) is 4.28. The number of rotatable bonds is 7. The average molecular weight is 314 g/mol. The largest absolute Gasteiger partial charge is 0.507 e. The quantitative estimate of drug-likeness (QED) is 0.732. The molecular weight excluding hydrogens is 288 g/mol. The van der Waals surface area contributed by atoms with E-state index in [-0.39, 0.29) is 24.4 Å². The first-order valence-corrected chi connectivity index (χ1v) is 8.04. The molecule has 0 aliphatic rings. The Balaban J connectivity index is 2.07. The minimum atomic E-state index is -0.222. The molecule has 0 amide bonds. The smallest absolute Gasteiger partial charge is 0.126 e. The van der Waals surface area contributed by atoms with Crippen molar-refractivity contribution in [3.05, 3.63) is 64.7 Å². The van der Waals surface area contributed by atoms with Crippen molar-refractivity contribution in [2.75, 3.05) is 0 Å². The normalized spacial score (nSPS) is 11.7. The second-order valence-electron chi connectivity index (χ2n) is 6.91. The van der Waals surface area contributed by atoms with E-state index in [0.29, 0.717) is 11.1 Å². The Labute approximate surface area is 138 Å². The molecule has 0 aliphatic heterocycles. The van der Waals surface area contributed by atoms with Crippen molar-refractivity contribution in [1.29, 1.82) is 0 Å². The lowest BCUT2D eigenvalue weighted by atomic mass is 9.80. The second kappa shape index (κ2) is 7.62. The number of benzene rings is 2. The molecule has 3 nitrogen and oxygen atoms in total. The lowest BCUT2D eigenvalue weighted by molar-refractivity contribution is 0.263. The molecule has 0 aliphatic carbocycles. The molecule has 0 heterocycles. The van der Waals surface area contributed by atoms with Crippen LogP contribution in [0.1, 0.15) is 42.5 Å². The third kappa shape index (κ3) is 4.81. The maximum Gasteiger partial charge on any atom is 0.126 e. The van der Waals surface area contributed by atoms with E-state index >= 15 is 0 Å². The minimum Gasteiger partial charge on any atom is -0.507 e. The zero-order chi connectivity index (χ0) is 16.9. The van der Waals surface area contributed by atoms with Gasteiger partial charge in [0.2, 0.25) is 0 Å². The number of aryl methyl sites for hydroxylation is 1. The molecule has 23 heavy (non-hydrogen) atoms. The number of phenols is 1. The van der Waals surface area contributed by atoms with Gasteiger partial charge in [0.1, 0.15) is 5.75 Å². The Morgan fingerprint density at radius 2 is 1.43 bits per heavy atom. The standard InChI is InChI=1S/C20H26O3/c1-20(2,12-15-6-4-3-5-7-15)9-8-16-10-17(13-21)19(23)18(11-16)14-22/h3-7,10-11,21-23H,8-9,12-14H2,1-2H3. The third-order valence-corrected chi connectivity index (χ3v) is 4.28. The van der Waals surface area contributed by atoms with Crippen LogP contribution in [0.25, 0.3) is 0 Å². The SMILES string of the molecule is CC(C)(CCc1cc(CO)c(O)c(CO)c1)Cc1ccccc1. The highest BCUT2D eigenvalue weighted by molar-refractivity contribution is 5.43. The number of aliphatic hydroxyl groups is 2. The van der Waals surface area contributed by atoms with E-state index < -0.39 is 0 Å². The van der Waals surface area contributed by atoms with Gasteiger partial charge in [0.05, 0.1) is 13.2 Å². The summed E-state index contributed by atoms with van der Waals surface area (Å²) in [6, 6.07) is 14.1. The van der Waals surface area contributed by atoms with Gasteiger partial charge in [0, 0.05) is 11.1 Å². The molecule has 0 saturated carbocycles. The van der Waals surface area contributed by atoms with E-state index in [4.69, 9.17) is 0 Å². The van der Waals surface area contributed by atoms with Crippen LogP contribution in [0.4, 0.5) is 0 Å². The Morgan fingerprint density at radius 3 is 1.96 bits per heavy atom. The van der Waals surface area contributed by atoms with Crippen LogP contribution in [0, 0.1) is 5.41 Å². The Bertz CT molecular complexity index is 608. The highest BCUT2D eigenvalue weighted by Crippen LogP contribution is 2.30. The van der Waals surface area contributed by atoms with E-state index in [1.165, 1.54) is 5.56 Å². The van der Waals surface area contributed by atoms with Gasteiger partial charge in [-0.15, -0.1) is 0 Å². The lowest BCUT2D eigenvalue weighted by Gasteiger charge is -2.25. The van der Waals surface area contributed by atoms with Crippen LogP contribution in [-0.2, 0) is 26.1 Å². The molecule has 0 bridgehead atoms. The molecule has 3 N–H and O–H groups in total. The Morgan fingerprint density at radius 1 is 0.870 bits per heavy atom.